The average molecular weight is 428 g/mol. The summed E-state index contributed by atoms with van der Waals surface area (Å²) in [5.74, 6) is -0.154. The van der Waals surface area contributed by atoms with Gasteiger partial charge in [0, 0.05) is 54.9 Å². The predicted octanol–water partition coefficient (Wildman–Crippen LogP) is 4.02. The first-order valence-electron chi connectivity index (χ1n) is 9.66. The summed E-state index contributed by atoms with van der Waals surface area (Å²) in [5.41, 5.74) is 1.19. The van der Waals surface area contributed by atoms with E-state index in [9.17, 15) is 9.59 Å². The highest BCUT2D eigenvalue weighted by Gasteiger charge is 2.22. The van der Waals surface area contributed by atoms with Crippen molar-refractivity contribution in [1.82, 2.24) is 10.2 Å². The van der Waals surface area contributed by atoms with E-state index in [1.54, 1.807) is 0 Å². The van der Waals surface area contributed by atoms with Crippen molar-refractivity contribution in [3.63, 3.8) is 0 Å². The fourth-order valence-electron chi connectivity index (χ4n) is 3.53. The lowest BCUT2D eigenvalue weighted by Crippen LogP contribution is -2.49. The molecule has 3 aromatic rings. The van der Waals surface area contributed by atoms with Crippen LogP contribution in [0.2, 0.25) is 5.02 Å². The third-order valence-corrected chi connectivity index (χ3v) is 6.79. The van der Waals surface area contributed by atoms with Gasteiger partial charge in [0.2, 0.25) is 5.91 Å². The molecule has 4 rings (SSSR count). The largest absolute Gasteiger partial charge is 0.368 e. The van der Waals surface area contributed by atoms with Crippen LogP contribution in [0.25, 0.3) is 10.1 Å². The van der Waals surface area contributed by atoms with Crippen molar-refractivity contribution in [2.24, 2.45) is 0 Å². The van der Waals surface area contributed by atoms with Crippen molar-refractivity contribution in [2.75, 3.05) is 37.6 Å². The molecule has 2 amide bonds. The number of carbonyl (C=O) groups excluding carboxylic acids is 2. The van der Waals surface area contributed by atoms with E-state index < -0.39 is 0 Å². The highest BCUT2D eigenvalue weighted by molar-refractivity contribution is 7.21. The fraction of sp³-hybridized carbons (Fsp3) is 0.273. The van der Waals surface area contributed by atoms with Gasteiger partial charge in [-0.05, 0) is 18.2 Å². The molecule has 0 aliphatic carbocycles. The first-order valence-corrected chi connectivity index (χ1v) is 10.9. The summed E-state index contributed by atoms with van der Waals surface area (Å²) in [6, 6.07) is 17.9. The summed E-state index contributed by atoms with van der Waals surface area (Å²) in [6.07, 6.45) is 0.291. The molecule has 2 aromatic carbocycles. The molecule has 1 fully saturated rings. The number of amides is 2. The Kier molecular flexibility index (Phi) is 6.02. The van der Waals surface area contributed by atoms with Crippen molar-refractivity contribution in [3.05, 3.63) is 64.5 Å². The average Bonchev–Trinajstić information content (AvgIpc) is 3.11. The Morgan fingerprint density at radius 3 is 2.38 bits per heavy atom. The van der Waals surface area contributed by atoms with Crippen molar-refractivity contribution in [1.29, 1.82) is 0 Å². The number of nitrogens with zero attached hydrogens (tertiary/aromatic N) is 2. The lowest BCUT2D eigenvalue weighted by molar-refractivity contribution is -0.131. The summed E-state index contributed by atoms with van der Waals surface area (Å²) in [6.45, 7) is 3.34. The molecule has 1 aromatic heterocycles. The summed E-state index contributed by atoms with van der Waals surface area (Å²) >= 11 is 7.72. The Morgan fingerprint density at radius 2 is 1.66 bits per heavy atom. The lowest BCUT2D eigenvalue weighted by atomic mass is 10.2. The van der Waals surface area contributed by atoms with E-state index in [2.05, 4.69) is 22.3 Å². The highest BCUT2D eigenvalue weighted by atomic mass is 35.5. The zero-order valence-corrected chi connectivity index (χ0v) is 17.5. The van der Waals surface area contributed by atoms with Gasteiger partial charge in [0.25, 0.3) is 5.91 Å². The van der Waals surface area contributed by atoms with Crippen LogP contribution < -0.4 is 10.2 Å². The first-order chi connectivity index (χ1) is 14.1. The van der Waals surface area contributed by atoms with Crippen LogP contribution >= 0.6 is 22.9 Å². The van der Waals surface area contributed by atoms with E-state index in [0.717, 1.165) is 23.2 Å². The number of rotatable bonds is 5. The van der Waals surface area contributed by atoms with Crippen LogP contribution in [0.15, 0.2) is 54.6 Å². The molecular weight excluding hydrogens is 406 g/mol. The van der Waals surface area contributed by atoms with Gasteiger partial charge >= 0.3 is 0 Å². The zero-order valence-electron chi connectivity index (χ0n) is 15.9. The number of piperazine rings is 1. The van der Waals surface area contributed by atoms with Crippen molar-refractivity contribution in [2.45, 2.75) is 6.42 Å². The topological polar surface area (TPSA) is 52.7 Å². The van der Waals surface area contributed by atoms with E-state index in [1.165, 1.54) is 17.0 Å². The van der Waals surface area contributed by atoms with Gasteiger partial charge in [0.05, 0.1) is 5.02 Å². The van der Waals surface area contributed by atoms with E-state index in [-0.39, 0.29) is 11.8 Å². The lowest BCUT2D eigenvalue weighted by Gasteiger charge is -2.36. The number of halogens is 1. The number of para-hydroxylation sites is 1. The van der Waals surface area contributed by atoms with Crippen LogP contribution in [0.4, 0.5) is 5.69 Å². The molecule has 5 nitrogen and oxygen atoms in total. The van der Waals surface area contributed by atoms with Crippen LogP contribution in [0.3, 0.4) is 0 Å². The van der Waals surface area contributed by atoms with Crippen LogP contribution in [0.5, 0.6) is 0 Å². The summed E-state index contributed by atoms with van der Waals surface area (Å²) in [7, 11) is 0. The number of hydrogen-bond donors (Lipinski definition) is 1. The van der Waals surface area contributed by atoms with Gasteiger partial charge in [-0.2, -0.15) is 0 Å². The Hall–Kier alpha value is -2.57. The summed E-state index contributed by atoms with van der Waals surface area (Å²) in [5, 5.41) is 4.20. The predicted molar refractivity (Wildman–Crippen MR) is 119 cm³/mol. The number of hydrogen-bond acceptors (Lipinski definition) is 4. The van der Waals surface area contributed by atoms with E-state index in [0.29, 0.717) is 36.0 Å². The minimum absolute atomic E-state index is 0.0699. The Bertz CT molecular complexity index is 1010. The zero-order chi connectivity index (χ0) is 20.2. The van der Waals surface area contributed by atoms with Crippen molar-refractivity contribution < 1.29 is 9.59 Å². The van der Waals surface area contributed by atoms with Crippen LogP contribution in [-0.2, 0) is 4.79 Å². The quantitative estimate of drug-likeness (QED) is 0.669. The Labute approximate surface area is 178 Å². The number of fused-ring (bicyclic) bond motifs is 1. The normalized spacial score (nSPS) is 14.2. The first kappa shape index (κ1) is 19.7. The van der Waals surface area contributed by atoms with Gasteiger partial charge in [0.1, 0.15) is 4.88 Å². The maximum Gasteiger partial charge on any atom is 0.262 e. The third-order valence-electron chi connectivity index (χ3n) is 5.12. The molecule has 0 atom stereocenters. The number of anilines is 1. The van der Waals surface area contributed by atoms with Gasteiger partial charge in [-0.3, -0.25) is 9.59 Å². The minimum atomic E-state index is -0.224. The van der Waals surface area contributed by atoms with Gasteiger partial charge < -0.3 is 15.1 Å². The van der Waals surface area contributed by atoms with Crippen LogP contribution in [0.1, 0.15) is 16.1 Å². The molecule has 1 aliphatic heterocycles. The van der Waals surface area contributed by atoms with Gasteiger partial charge in [0.15, 0.2) is 0 Å². The van der Waals surface area contributed by atoms with Crippen LogP contribution in [-0.4, -0.2) is 49.4 Å². The fourth-order valence-corrected chi connectivity index (χ4v) is 4.97. The van der Waals surface area contributed by atoms with Gasteiger partial charge in [-0.15, -0.1) is 11.3 Å². The maximum absolute atomic E-state index is 12.5. The molecule has 1 N–H and O–H groups in total. The molecule has 7 heteroatoms. The minimum Gasteiger partial charge on any atom is -0.368 e. The number of nitrogens with one attached hydrogen (secondary N) is 1. The second-order valence-corrected chi connectivity index (χ2v) is 8.38. The van der Waals surface area contributed by atoms with Gasteiger partial charge in [-0.25, -0.2) is 0 Å². The number of carbonyl (C=O) groups is 2. The molecule has 0 unspecified atom stereocenters. The molecule has 150 valence electrons. The third kappa shape index (κ3) is 4.38. The monoisotopic (exact) mass is 427 g/mol. The highest BCUT2D eigenvalue weighted by Crippen LogP contribution is 2.34. The second-order valence-electron chi connectivity index (χ2n) is 6.95. The van der Waals surface area contributed by atoms with E-state index >= 15 is 0 Å². The van der Waals surface area contributed by atoms with Crippen molar-refractivity contribution in [3.8, 4) is 0 Å². The summed E-state index contributed by atoms with van der Waals surface area (Å²) in [4.78, 5) is 29.6. The molecule has 0 saturated carbocycles. The maximum atomic E-state index is 12.5. The Morgan fingerprint density at radius 1 is 0.966 bits per heavy atom. The van der Waals surface area contributed by atoms with Gasteiger partial charge in [-0.1, -0.05) is 48.0 Å². The smallest absolute Gasteiger partial charge is 0.262 e. The number of benzene rings is 2. The van der Waals surface area contributed by atoms with Crippen LogP contribution in [0, 0.1) is 0 Å². The molecule has 29 heavy (non-hydrogen) atoms. The van der Waals surface area contributed by atoms with E-state index in [4.69, 9.17) is 11.6 Å². The number of thiophene rings is 1. The summed E-state index contributed by atoms with van der Waals surface area (Å²) < 4.78 is 0.981. The van der Waals surface area contributed by atoms with E-state index in [1.807, 2.05) is 47.4 Å². The SMILES string of the molecule is O=C(NCCC(=O)N1CCN(c2ccccc2)CC1)c1sc2ccccc2c1Cl. The molecule has 1 saturated heterocycles. The second kappa shape index (κ2) is 8.84. The Balaban J connectivity index is 1.26. The molecule has 0 radical (unpaired) electrons. The molecule has 0 spiro atoms. The molecular formula is C22H22ClN3O2S. The molecule has 0 bridgehead atoms. The molecule has 1 aliphatic rings. The standard InChI is InChI=1S/C22H22ClN3O2S/c23-20-17-8-4-5-9-18(17)29-21(20)22(28)24-11-10-19(27)26-14-12-25(13-15-26)16-6-2-1-3-7-16/h1-9H,10-15H2,(H,24,28). The van der Waals surface area contributed by atoms with Crippen molar-refractivity contribution >= 4 is 50.5 Å². The molecule has 2 heterocycles.